The minimum Gasteiger partial charge on any atom is -0.348 e. The van der Waals surface area contributed by atoms with Crippen molar-refractivity contribution >= 4 is 60.9 Å². The number of anilines is 2. The second-order valence-electron chi connectivity index (χ2n) is 5.81. The maximum Gasteiger partial charge on any atom is 0.256 e. The minimum atomic E-state index is -0.0800. The van der Waals surface area contributed by atoms with Crippen LogP contribution in [-0.4, -0.2) is 24.0 Å². The van der Waals surface area contributed by atoms with Gasteiger partial charge in [0.2, 0.25) is 0 Å². The molecule has 1 fully saturated rings. The maximum absolute atomic E-state index is 12.4. The monoisotopic (exact) mass is 449 g/mol. The van der Waals surface area contributed by atoms with E-state index in [-0.39, 0.29) is 5.91 Å². The van der Waals surface area contributed by atoms with Crippen molar-refractivity contribution in [3.63, 3.8) is 0 Å². The molecule has 2 heterocycles. The highest BCUT2D eigenvalue weighted by Gasteiger charge is 2.17. The highest BCUT2D eigenvalue weighted by atomic mass is 127. The molecule has 1 N–H and O–H groups in total. The number of hydrogen-bond donors (Lipinski definition) is 1. The van der Waals surface area contributed by atoms with E-state index in [1.807, 2.05) is 42.5 Å². The molecule has 0 bridgehead atoms. The summed E-state index contributed by atoms with van der Waals surface area (Å²) in [5.41, 5.74) is 2.50. The van der Waals surface area contributed by atoms with Crippen LogP contribution in [0.1, 0.15) is 23.2 Å². The Kier molecular flexibility index (Phi) is 4.41. The number of halogens is 1. The average Bonchev–Trinajstić information content (AvgIpc) is 3.24. The first-order chi connectivity index (χ1) is 11.7. The number of thiazole rings is 1. The van der Waals surface area contributed by atoms with Gasteiger partial charge in [-0.25, -0.2) is 4.98 Å². The summed E-state index contributed by atoms with van der Waals surface area (Å²) in [7, 11) is 0. The van der Waals surface area contributed by atoms with Crippen molar-refractivity contribution in [1.82, 2.24) is 4.98 Å². The zero-order valence-electron chi connectivity index (χ0n) is 13.0. The van der Waals surface area contributed by atoms with Crippen LogP contribution in [0.4, 0.5) is 10.8 Å². The summed E-state index contributed by atoms with van der Waals surface area (Å²) < 4.78 is 2.06. The summed E-state index contributed by atoms with van der Waals surface area (Å²) in [5, 5.41) is 4.08. The lowest BCUT2D eigenvalue weighted by Crippen LogP contribution is -2.16. The molecule has 1 saturated heterocycles. The van der Waals surface area contributed by atoms with Gasteiger partial charge in [0.15, 0.2) is 5.13 Å². The molecule has 0 atom stereocenters. The Hall–Kier alpha value is -1.67. The molecule has 4 nitrogen and oxygen atoms in total. The van der Waals surface area contributed by atoms with E-state index in [2.05, 4.69) is 32.8 Å². The van der Waals surface area contributed by atoms with Crippen molar-refractivity contribution in [2.45, 2.75) is 12.8 Å². The SMILES string of the molecule is O=C(Nc1ccc2nc(N3CCCC3)sc2c1)c1ccccc1I. The van der Waals surface area contributed by atoms with E-state index < -0.39 is 0 Å². The molecular formula is C18H16IN3OS. The van der Waals surface area contributed by atoms with Gasteiger partial charge < -0.3 is 10.2 Å². The molecule has 0 spiro atoms. The zero-order valence-corrected chi connectivity index (χ0v) is 15.9. The summed E-state index contributed by atoms with van der Waals surface area (Å²) in [4.78, 5) is 19.5. The Labute approximate surface area is 158 Å². The van der Waals surface area contributed by atoms with Gasteiger partial charge in [-0.3, -0.25) is 4.79 Å². The van der Waals surface area contributed by atoms with E-state index >= 15 is 0 Å². The Morgan fingerprint density at radius 1 is 1.17 bits per heavy atom. The quantitative estimate of drug-likeness (QED) is 0.587. The summed E-state index contributed by atoms with van der Waals surface area (Å²) >= 11 is 3.88. The van der Waals surface area contributed by atoms with Gasteiger partial charge in [0.1, 0.15) is 0 Å². The third-order valence-electron chi connectivity index (χ3n) is 4.13. The molecule has 0 unspecified atom stereocenters. The minimum absolute atomic E-state index is 0.0800. The zero-order chi connectivity index (χ0) is 16.5. The lowest BCUT2D eigenvalue weighted by atomic mass is 10.2. The van der Waals surface area contributed by atoms with Crippen molar-refractivity contribution in [3.8, 4) is 0 Å². The van der Waals surface area contributed by atoms with Crippen molar-refractivity contribution in [2.75, 3.05) is 23.3 Å². The van der Waals surface area contributed by atoms with Crippen LogP contribution in [0.3, 0.4) is 0 Å². The molecule has 2 aromatic carbocycles. The summed E-state index contributed by atoms with van der Waals surface area (Å²) in [6.07, 6.45) is 2.49. The normalized spacial score (nSPS) is 14.3. The predicted octanol–water partition coefficient (Wildman–Crippen LogP) is 4.75. The van der Waals surface area contributed by atoms with E-state index in [0.29, 0.717) is 5.56 Å². The highest BCUT2D eigenvalue weighted by molar-refractivity contribution is 14.1. The fraction of sp³-hybridized carbons (Fsp3) is 0.222. The predicted molar refractivity (Wildman–Crippen MR) is 108 cm³/mol. The molecule has 0 saturated carbocycles. The van der Waals surface area contributed by atoms with Crippen molar-refractivity contribution in [2.24, 2.45) is 0 Å². The Balaban J connectivity index is 1.58. The van der Waals surface area contributed by atoms with Crippen molar-refractivity contribution in [1.29, 1.82) is 0 Å². The van der Waals surface area contributed by atoms with Crippen LogP contribution in [0, 0.1) is 3.57 Å². The molecule has 1 amide bonds. The molecule has 3 aromatic rings. The number of carbonyl (C=O) groups excluding carboxylic acids is 1. The molecule has 0 radical (unpaired) electrons. The van der Waals surface area contributed by atoms with E-state index in [0.717, 1.165) is 37.7 Å². The number of rotatable bonds is 3. The third-order valence-corrected chi connectivity index (χ3v) is 6.15. The Morgan fingerprint density at radius 3 is 2.75 bits per heavy atom. The van der Waals surface area contributed by atoms with E-state index in [4.69, 9.17) is 4.98 Å². The third kappa shape index (κ3) is 3.12. The van der Waals surface area contributed by atoms with Gasteiger partial charge in [-0.05, 0) is 65.8 Å². The van der Waals surface area contributed by atoms with Gasteiger partial charge in [0.05, 0.1) is 15.8 Å². The molecular weight excluding hydrogens is 433 g/mol. The smallest absolute Gasteiger partial charge is 0.256 e. The molecule has 24 heavy (non-hydrogen) atoms. The van der Waals surface area contributed by atoms with Gasteiger partial charge in [-0.2, -0.15) is 0 Å². The van der Waals surface area contributed by atoms with E-state index in [1.165, 1.54) is 12.8 Å². The van der Waals surface area contributed by atoms with Crippen LogP contribution < -0.4 is 10.2 Å². The number of carbonyl (C=O) groups is 1. The fourth-order valence-corrected chi connectivity index (χ4v) is 4.57. The van der Waals surface area contributed by atoms with Gasteiger partial charge in [0, 0.05) is 22.3 Å². The fourth-order valence-electron chi connectivity index (χ4n) is 2.88. The number of fused-ring (bicyclic) bond motifs is 1. The van der Waals surface area contributed by atoms with E-state index in [1.54, 1.807) is 11.3 Å². The largest absolute Gasteiger partial charge is 0.348 e. The second kappa shape index (κ2) is 6.68. The molecule has 4 rings (SSSR count). The molecule has 1 aliphatic rings. The first kappa shape index (κ1) is 15.8. The van der Waals surface area contributed by atoms with Gasteiger partial charge in [-0.15, -0.1) is 0 Å². The lowest BCUT2D eigenvalue weighted by molar-refractivity contribution is 0.102. The maximum atomic E-state index is 12.4. The van der Waals surface area contributed by atoms with Crippen LogP contribution in [0.2, 0.25) is 0 Å². The number of benzene rings is 2. The number of nitrogens with zero attached hydrogens (tertiary/aromatic N) is 2. The number of hydrogen-bond acceptors (Lipinski definition) is 4. The summed E-state index contributed by atoms with van der Waals surface area (Å²) in [5.74, 6) is -0.0800. The number of nitrogens with one attached hydrogen (secondary N) is 1. The second-order valence-corrected chi connectivity index (χ2v) is 7.98. The molecule has 1 aliphatic heterocycles. The lowest BCUT2D eigenvalue weighted by Gasteiger charge is -2.11. The molecule has 6 heteroatoms. The van der Waals surface area contributed by atoms with E-state index in [9.17, 15) is 4.79 Å². The van der Waals surface area contributed by atoms with Crippen molar-refractivity contribution in [3.05, 3.63) is 51.6 Å². The Bertz CT molecular complexity index is 902. The first-order valence-corrected chi connectivity index (χ1v) is 9.82. The standard InChI is InChI=1S/C18H16IN3OS/c19-14-6-2-1-5-13(14)17(23)20-12-7-8-15-16(11-12)24-18(21-15)22-9-3-4-10-22/h1-2,5-8,11H,3-4,9-10H2,(H,20,23). The molecule has 122 valence electrons. The molecule has 1 aromatic heterocycles. The van der Waals surface area contributed by atoms with Crippen LogP contribution in [0.5, 0.6) is 0 Å². The molecule has 0 aliphatic carbocycles. The van der Waals surface area contributed by atoms with Crippen LogP contribution in [-0.2, 0) is 0 Å². The summed E-state index contributed by atoms with van der Waals surface area (Å²) in [6.45, 7) is 2.19. The summed E-state index contributed by atoms with van der Waals surface area (Å²) in [6, 6.07) is 13.5. The topological polar surface area (TPSA) is 45.2 Å². The highest BCUT2D eigenvalue weighted by Crippen LogP contribution is 2.32. The number of amides is 1. The van der Waals surface area contributed by atoms with Crippen LogP contribution >= 0.6 is 33.9 Å². The van der Waals surface area contributed by atoms with Gasteiger partial charge >= 0.3 is 0 Å². The Morgan fingerprint density at radius 2 is 1.96 bits per heavy atom. The van der Waals surface area contributed by atoms with Crippen LogP contribution in [0.15, 0.2) is 42.5 Å². The number of aromatic nitrogens is 1. The van der Waals surface area contributed by atoms with Gasteiger partial charge in [0.25, 0.3) is 5.91 Å². The average molecular weight is 449 g/mol. The van der Waals surface area contributed by atoms with Crippen LogP contribution in [0.25, 0.3) is 10.2 Å². The van der Waals surface area contributed by atoms with Gasteiger partial charge in [-0.1, -0.05) is 23.5 Å². The van der Waals surface area contributed by atoms with Crippen molar-refractivity contribution < 1.29 is 4.79 Å². The first-order valence-electron chi connectivity index (χ1n) is 7.92.